The van der Waals surface area contributed by atoms with Gasteiger partial charge in [-0.1, -0.05) is 0 Å². The van der Waals surface area contributed by atoms with E-state index in [4.69, 9.17) is 4.42 Å². The lowest BCUT2D eigenvalue weighted by atomic mass is 10.1. The Morgan fingerprint density at radius 1 is 1.15 bits per heavy atom. The Kier molecular flexibility index (Phi) is 5.06. The molecule has 2 saturated heterocycles. The van der Waals surface area contributed by atoms with E-state index in [9.17, 15) is 9.59 Å². The average Bonchev–Trinajstić information content (AvgIpc) is 3.42. The van der Waals surface area contributed by atoms with Crippen LogP contribution in [0.15, 0.2) is 41.3 Å². The van der Waals surface area contributed by atoms with E-state index in [1.807, 2.05) is 29.2 Å². The first-order valence-corrected chi connectivity index (χ1v) is 9.27. The van der Waals surface area contributed by atoms with E-state index in [-0.39, 0.29) is 23.6 Å². The van der Waals surface area contributed by atoms with Gasteiger partial charge in [-0.25, -0.2) is 4.98 Å². The molecule has 0 aliphatic carbocycles. The highest BCUT2D eigenvalue weighted by Gasteiger charge is 2.29. The summed E-state index contributed by atoms with van der Waals surface area (Å²) in [6.45, 7) is 4.03. The molecule has 8 nitrogen and oxygen atoms in total. The van der Waals surface area contributed by atoms with Gasteiger partial charge in [0, 0.05) is 37.6 Å². The summed E-state index contributed by atoms with van der Waals surface area (Å²) in [5.74, 6) is -0.0674. The fourth-order valence-corrected chi connectivity index (χ4v) is 3.58. The standard InChI is InChI=1S/C19H23N5O3/c25-18(17-12-27-13-21-17)22-14-3-5-15(6-4-14)23-8-10-24(11-9-23)19(26)16-2-1-7-20-16/h3-6,12-13,16,20H,1-2,7-11H2,(H,22,25)/t16-/m0/s1. The van der Waals surface area contributed by atoms with Gasteiger partial charge in [0.1, 0.15) is 6.26 Å². The lowest BCUT2D eigenvalue weighted by Gasteiger charge is -2.37. The first kappa shape index (κ1) is 17.5. The molecule has 3 heterocycles. The summed E-state index contributed by atoms with van der Waals surface area (Å²) in [6.07, 6.45) is 4.56. The van der Waals surface area contributed by atoms with Gasteiger partial charge in [-0.3, -0.25) is 9.59 Å². The van der Waals surface area contributed by atoms with E-state index in [0.29, 0.717) is 5.69 Å². The van der Waals surface area contributed by atoms with E-state index in [2.05, 4.69) is 20.5 Å². The largest absolute Gasteiger partial charge is 0.451 e. The molecule has 1 aromatic carbocycles. The van der Waals surface area contributed by atoms with Crippen LogP contribution in [-0.4, -0.2) is 60.5 Å². The predicted octanol–water partition coefficient (Wildman–Crippen LogP) is 1.33. The van der Waals surface area contributed by atoms with Crippen LogP contribution >= 0.6 is 0 Å². The molecule has 2 amide bonds. The first-order valence-electron chi connectivity index (χ1n) is 9.27. The Labute approximate surface area is 157 Å². The minimum atomic E-state index is -0.302. The molecular weight excluding hydrogens is 346 g/mol. The van der Waals surface area contributed by atoms with Crippen molar-refractivity contribution in [2.24, 2.45) is 0 Å². The monoisotopic (exact) mass is 369 g/mol. The van der Waals surface area contributed by atoms with E-state index in [0.717, 1.165) is 51.3 Å². The van der Waals surface area contributed by atoms with E-state index in [1.165, 1.54) is 12.7 Å². The van der Waals surface area contributed by atoms with Crippen molar-refractivity contribution in [2.45, 2.75) is 18.9 Å². The van der Waals surface area contributed by atoms with Gasteiger partial charge in [-0.2, -0.15) is 0 Å². The maximum atomic E-state index is 12.5. The summed E-state index contributed by atoms with van der Waals surface area (Å²) >= 11 is 0. The summed E-state index contributed by atoms with van der Waals surface area (Å²) < 4.78 is 4.82. The van der Waals surface area contributed by atoms with Crippen LogP contribution < -0.4 is 15.5 Å². The smallest absolute Gasteiger partial charge is 0.277 e. The summed E-state index contributed by atoms with van der Waals surface area (Å²) in [6, 6.07) is 7.70. The number of nitrogens with one attached hydrogen (secondary N) is 2. The van der Waals surface area contributed by atoms with Crippen molar-refractivity contribution in [2.75, 3.05) is 42.9 Å². The molecule has 8 heteroatoms. The van der Waals surface area contributed by atoms with Gasteiger partial charge in [-0.05, 0) is 43.7 Å². The van der Waals surface area contributed by atoms with Crippen molar-refractivity contribution in [3.63, 3.8) is 0 Å². The van der Waals surface area contributed by atoms with Gasteiger partial charge >= 0.3 is 0 Å². The van der Waals surface area contributed by atoms with Gasteiger partial charge in [-0.15, -0.1) is 0 Å². The fourth-order valence-electron chi connectivity index (χ4n) is 3.58. The lowest BCUT2D eigenvalue weighted by Crippen LogP contribution is -2.53. The molecule has 1 atom stereocenters. The molecule has 0 bridgehead atoms. The number of hydrogen-bond donors (Lipinski definition) is 2. The molecule has 0 spiro atoms. The third kappa shape index (κ3) is 3.95. The Hall–Kier alpha value is -2.87. The zero-order valence-electron chi connectivity index (χ0n) is 15.1. The SMILES string of the molecule is O=C(Nc1ccc(N2CCN(C(=O)[C@@H]3CCCN3)CC2)cc1)c1cocn1. The maximum absolute atomic E-state index is 12.5. The van der Waals surface area contributed by atoms with E-state index < -0.39 is 0 Å². The molecule has 4 rings (SSSR count). The van der Waals surface area contributed by atoms with Gasteiger partial charge < -0.3 is 24.9 Å². The molecular formula is C19H23N5O3. The van der Waals surface area contributed by atoms with Gasteiger partial charge in [0.25, 0.3) is 5.91 Å². The van der Waals surface area contributed by atoms with Crippen LogP contribution in [0.1, 0.15) is 23.3 Å². The summed E-state index contributed by atoms with van der Waals surface area (Å²) in [5.41, 5.74) is 2.03. The van der Waals surface area contributed by atoms with Crippen LogP contribution in [-0.2, 0) is 4.79 Å². The number of rotatable bonds is 4. The van der Waals surface area contributed by atoms with Gasteiger partial charge in [0.2, 0.25) is 5.91 Å². The molecule has 2 fully saturated rings. The van der Waals surface area contributed by atoms with E-state index >= 15 is 0 Å². The van der Waals surface area contributed by atoms with Crippen molar-refractivity contribution in [1.82, 2.24) is 15.2 Å². The lowest BCUT2D eigenvalue weighted by molar-refractivity contribution is -0.133. The Balaban J connectivity index is 1.31. The number of hydrogen-bond acceptors (Lipinski definition) is 6. The number of nitrogens with zero attached hydrogens (tertiary/aromatic N) is 3. The Morgan fingerprint density at radius 3 is 2.56 bits per heavy atom. The molecule has 0 unspecified atom stereocenters. The molecule has 142 valence electrons. The van der Waals surface area contributed by atoms with Crippen molar-refractivity contribution in [3.8, 4) is 0 Å². The highest BCUT2D eigenvalue weighted by molar-refractivity contribution is 6.02. The number of benzene rings is 1. The Morgan fingerprint density at radius 2 is 1.93 bits per heavy atom. The van der Waals surface area contributed by atoms with Crippen LogP contribution in [0.4, 0.5) is 11.4 Å². The molecule has 0 radical (unpaired) electrons. The van der Waals surface area contributed by atoms with Crippen molar-refractivity contribution in [1.29, 1.82) is 0 Å². The number of oxazole rings is 1. The Bertz CT molecular complexity index is 776. The predicted molar refractivity (Wildman–Crippen MR) is 101 cm³/mol. The number of carbonyl (C=O) groups excluding carboxylic acids is 2. The van der Waals surface area contributed by atoms with Crippen LogP contribution in [0, 0.1) is 0 Å². The number of carbonyl (C=O) groups is 2. The summed E-state index contributed by atoms with van der Waals surface area (Å²) in [7, 11) is 0. The first-order chi connectivity index (χ1) is 13.2. The minimum absolute atomic E-state index is 0.00385. The zero-order valence-corrected chi connectivity index (χ0v) is 15.1. The normalized spacial score (nSPS) is 19.9. The van der Waals surface area contributed by atoms with Gasteiger partial charge in [0.15, 0.2) is 12.1 Å². The van der Waals surface area contributed by atoms with Crippen molar-refractivity contribution < 1.29 is 14.0 Å². The average molecular weight is 369 g/mol. The maximum Gasteiger partial charge on any atom is 0.277 e. The second-order valence-corrected chi connectivity index (χ2v) is 6.84. The molecule has 2 aromatic rings. The molecule has 0 saturated carbocycles. The number of aromatic nitrogens is 1. The molecule has 27 heavy (non-hydrogen) atoms. The number of piperazine rings is 1. The van der Waals surface area contributed by atoms with Crippen LogP contribution in [0.25, 0.3) is 0 Å². The number of amides is 2. The molecule has 2 aliphatic rings. The quantitative estimate of drug-likeness (QED) is 0.845. The molecule has 1 aromatic heterocycles. The summed E-state index contributed by atoms with van der Waals surface area (Å²) in [5, 5.41) is 6.07. The molecule has 2 N–H and O–H groups in total. The van der Waals surface area contributed by atoms with Crippen LogP contribution in [0.3, 0.4) is 0 Å². The number of anilines is 2. The van der Waals surface area contributed by atoms with Gasteiger partial charge in [0.05, 0.1) is 6.04 Å². The summed E-state index contributed by atoms with van der Waals surface area (Å²) in [4.78, 5) is 32.5. The third-order valence-corrected chi connectivity index (χ3v) is 5.11. The van der Waals surface area contributed by atoms with Crippen molar-refractivity contribution >= 4 is 23.2 Å². The van der Waals surface area contributed by atoms with Crippen LogP contribution in [0.2, 0.25) is 0 Å². The topological polar surface area (TPSA) is 90.7 Å². The second kappa shape index (κ2) is 7.79. The third-order valence-electron chi connectivity index (χ3n) is 5.11. The van der Waals surface area contributed by atoms with Crippen molar-refractivity contribution in [3.05, 3.63) is 42.6 Å². The highest BCUT2D eigenvalue weighted by Crippen LogP contribution is 2.20. The second-order valence-electron chi connectivity index (χ2n) is 6.84. The minimum Gasteiger partial charge on any atom is -0.451 e. The fraction of sp³-hybridized carbons (Fsp3) is 0.421. The zero-order chi connectivity index (χ0) is 18.6. The van der Waals surface area contributed by atoms with E-state index in [1.54, 1.807) is 0 Å². The highest BCUT2D eigenvalue weighted by atomic mass is 16.3. The van der Waals surface area contributed by atoms with Crippen LogP contribution in [0.5, 0.6) is 0 Å². The molecule has 2 aliphatic heterocycles.